The molecule has 27 heavy (non-hydrogen) atoms. The van der Waals surface area contributed by atoms with Crippen LogP contribution in [0.4, 0.5) is 0 Å². The Kier molecular flexibility index (Phi) is 13.1. The number of methoxy groups -OCH3 is 2. The summed E-state index contributed by atoms with van der Waals surface area (Å²) >= 11 is 2.06. The highest BCUT2D eigenvalue weighted by molar-refractivity contribution is 7.99. The number of hydrogen-bond acceptors (Lipinski definition) is 4. The molecule has 1 aromatic heterocycles. The predicted octanol–water partition coefficient (Wildman–Crippen LogP) is 6.51. The van der Waals surface area contributed by atoms with E-state index in [1.54, 1.807) is 14.2 Å². The first-order chi connectivity index (χ1) is 13.1. The van der Waals surface area contributed by atoms with Gasteiger partial charge in [0, 0.05) is 37.8 Å². The van der Waals surface area contributed by atoms with Gasteiger partial charge in [0.25, 0.3) is 0 Å². The van der Waals surface area contributed by atoms with Gasteiger partial charge >= 0.3 is 0 Å². The first-order valence-corrected chi connectivity index (χ1v) is 11.7. The van der Waals surface area contributed by atoms with E-state index >= 15 is 0 Å². The number of pyridine rings is 1. The van der Waals surface area contributed by atoms with E-state index in [2.05, 4.69) is 49.6 Å². The third kappa shape index (κ3) is 9.96. The van der Waals surface area contributed by atoms with Crippen molar-refractivity contribution in [3.63, 3.8) is 0 Å². The van der Waals surface area contributed by atoms with Gasteiger partial charge in [-0.3, -0.25) is 4.98 Å². The molecule has 0 aromatic carbocycles. The van der Waals surface area contributed by atoms with Crippen molar-refractivity contribution in [3.05, 3.63) is 30.1 Å². The van der Waals surface area contributed by atoms with E-state index in [0.29, 0.717) is 11.2 Å². The monoisotopic (exact) mass is 395 g/mol. The largest absolute Gasteiger partial charge is 0.353 e. The minimum Gasteiger partial charge on any atom is -0.353 e. The average Bonchev–Trinajstić information content (AvgIpc) is 2.70. The Morgan fingerprint density at radius 1 is 1.04 bits per heavy atom. The number of hydrogen-bond donors (Lipinski definition) is 0. The lowest BCUT2D eigenvalue weighted by Crippen LogP contribution is -2.40. The van der Waals surface area contributed by atoms with Crippen LogP contribution in [0.15, 0.2) is 24.5 Å². The standard InChI is InChI=1S/C23H41NO2S/c1-6-7-8-9-10-11-12-22(23(3,25-4)26-5)19-20(2)27-18-15-21-13-16-24-17-14-21/h13-14,16-17,20,22H,6-12,15,18-19H2,1-5H3. The topological polar surface area (TPSA) is 31.4 Å². The Morgan fingerprint density at radius 2 is 1.67 bits per heavy atom. The average molecular weight is 396 g/mol. The number of unbranched alkanes of at least 4 members (excludes halogenated alkanes) is 5. The number of nitrogens with zero attached hydrogens (tertiary/aromatic N) is 1. The van der Waals surface area contributed by atoms with Gasteiger partial charge in [-0.1, -0.05) is 52.4 Å². The molecule has 0 N–H and O–H groups in total. The van der Waals surface area contributed by atoms with E-state index in [0.717, 1.165) is 18.6 Å². The normalized spacial score (nSPS) is 14.3. The molecule has 156 valence electrons. The van der Waals surface area contributed by atoms with E-state index in [9.17, 15) is 0 Å². The second kappa shape index (κ2) is 14.4. The van der Waals surface area contributed by atoms with E-state index < -0.39 is 5.79 Å². The molecule has 0 saturated carbocycles. The van der Waals surface area contributed by atoms with Crippen LogP contribution in [0, 0.1) is 5.92 Å². The van der Waals surface area contributed by atoms with Crippen LogP contribution < -0.4 is 0 Å². The number of rotatable bonds is 16. The number of aromatic nitrogens is 1. The summed E-state index contributed by atoms with van der Waals surface area (Å²) in [7, 11) is 3.55. The predicted molar refractivity (Wildman–Crippen MR) is 118 cm³/mol. The first kappa shape index (κ1) is 24.5. The highest BCUT2D eigenvalue weighted by Crippen LogP contribution is 2.34. The molecule has 2 unspecified atom stereocenters. The zero-order valence-corrected chi connectivity index (χ0v) is 19.0. The Morgan fingerprint density at radius 3 is 2.30 bits per heavy atom. The van der Waals surface area contributed by atoms with Crippen molar-refractivity contribution in [2.45, 2.75) is 89.6 Å². The van der Waals surface area contributed by atoms with Crippen molar-refractivity contribution >= 4 is 11.8 Å². The molecule has 0 radical (unpaired) electrons. The Labute approximate surface area is 172 Å². The fourth-order valence-corrected chi connectivity index (χ4v) is 4.70. The van der Waals surface area contributed by atoms with Crippen molar-refractivity contribution in [3.8, 4) is 0 Å². The second-order valence-corrected chi connectivity index (χ2v) is 9.25. The van der Waals surface area contributed by atoms with Gasteiger partial charge in [0.2, 0.25) is 0 Å². The van der Waals surface area contributed by atoms with Crippen LogP contribution in [0.2, 0.25) is 0 Å². The lowest BCUT2D eigenvalue weighted by molar-refractivity contribution is -0.229. The minimum atomic E-state index is -0.483. The quantitative estimate of drug-likeness (QED) is 0.236. The van der Waals surface area contributed by atoms with Gasteiger partial charge in [0.05, 0.1) is 0 Å². The van der Waals surface area contributed by atoms with Crippen molar-refractivity contribution < 1.29 is 9.47 Å². The number of thioether (sulfide) groups is 1. The molecule has 0 saturated heterocycles. The molecule has 0 aliphatic carbocycles. The van der Waals surface area contributed by atoms with Crippen molar-refractivity contribution in [1.29, 1.82) is 0 Å². The van der Waals surface area contributed by atoms with Gasteiger partial charge in [-0.25, -0.2) is 0 Å². The fourth-order valence-electron chi connectivity index (χ4n) is 3.58. The fraction of sp³-hybridized carbons (Fsp3) is 0.783. The molecule has 1 heterocycles. The lowest BCUT2D eigenvalue weighted by atomic mass is 9.88. The SMILES string of the molecule is CCCCCCCCC(CC(C)SCCc1ccncc1)C(C)(OC)OC. The van der Waals surface area contributed by atoms with Crippen LogP contribution in [0.5, 0.6) is 0 Å². The van der Waals surface area contributed by atoms with Crippen molar-refractivity contribution in [1.82, 2.24) is 4.98 Å². The molecule has 4 heteroatoms. The smallest absolute Gasteiger partial charge is 0.167 e. The molecule has 3 nitrogen and oxygen atoms in total. The molecule has 0 aliphatic heterocycles. The van der Waals surface area contributed by atoms with E-state index in [-0.39, 0.29) is 0 Å². The third-order valence-corrected chi connectivity index (χ3v) is 6.82. The molecule has 0 fully saturated rings. The van der Waals surface area contributed by atoms with Crippen LogP contribution in [0.25, 0.3) is 0 Å². The maximum Gasteiger partial charge on any atom is 0.167 e. The van der Waals surface area contributed by atoms with Crippen LogP contribution >= 0.6 is 11.8 Å². The van der Waals surface area contributed by atoms with Crippen molar-refractivity contribution in [2.75, 3.05) is 20.0 Å². The Balaban J connectivity index is 2.43. The van der Waals surface area contributed by atoms with Gasteiger partial charge in [0.15, 0.2) is 5.79 Å². The molecule has 0 amide bonds. The summed E-state index contributed by atoms with van der Waals surface area (Å²) in [5.74, 6) is 1.09. The van der Waals surface area contributed by atoms with Gasteiger partial charge < -0.3 is 9.47 Å². The highest BCUT2D eigenvalue weighted by atomic mass is 32.2. The molecular formula is C23H41NO2S. The highest BCUT2D eigenvalue weighted by Gasteiger charge is 2.34. The lowest BCUT2D eigenvalue weighted by Gasteiger charge is -2.36. The zero-order valence-electron chi connectivity index (χ0n) is 18.2. The summed E-state index contributed by atoms with van der Waals surface area (Å²) in [6.07, 6.45) is 15.2. The van der Waals surface area contributed by atoms with Crippen LogP contribution in [-0.4, -0.2) is 36.0 Å². The summed E-state index contributed by atoms with van der Waals surface area (Å²) in [4.78, 5) is 4.09. The first-order valence-electron chi connectivity index (χ1n) is 10.7. The summed E-state index contributed by atoms with van der Waals surface area (Å²) < 4.78 is 11.6. The summed E-state index contributed by atoms with van der Waals surface area (Å²) in [6.45, 7) is 6.71. The van der Waals surface area contributed by atoms with Gasteiger partial charge in [-0.05, 0) is 49.6 Å². The van der Waals surface area contributed by atoms with Gasteiger partial charge in [-0.2, -0.15) is 11.8 Å². The van der Waals surface area contributed by atoms with Gasteiger partial charge in [-0.15, -0.1) is 0 Å². The van der Waals surface area contributed by atoms with Crippen LogP contribution in [0.3, 0.4) is 0 Å². The minimum absolute atomic E-state index is 0.433. The van der Waals surface area contributed by atoms with Crippen molar-refractivity contribution in [2.24, 2.45) is 5.92 Å². The maximum absolute atomic E-state index is 5.78. The maximum atomic E-state index is 5.78. The van der Waals surface area contributed by atoms with E-state index in [4.69, 9.17) is 9.47 Å². The molecule has 1 aromatic rings. The number of ether oxygens (including phenoxy) is 2. The number of aryl methyl sites for hydroxylation is 1. The van der Waals surface area contributed by atoms with E-state index in [1.807, 2.05) is 12.4 Å². The molecule has 0 bridgehead atoms. The van der Waals surface area contributed by atoms with Gasteiger partial charge in [0.1, 0.15) is 0 Å². The second-order valence-electron chi connectivity index (χ2n) is 7.70. The van der Waals surface area contributed by atoms with Crippen LogP contribution in [-0.2, 0) is 15.9 Å². The molecular weight excluding hydrogens is 354 g/mol. The molecule has 0 spiro atoms. The summed E-state index contributed by atoms with van der Waals surface area (Å²) in [5.41, 5.74) is 1.37. The Hall–Kier alpha value is -0.580. The Bertz CT molecular complexity index is 465. The molecule has 1 rings (SSSR count). The molecule has 2 atom stereocenters. The zero-order chi connectivity index (χ0) is 20.0. The van der Waals surface area contributed by atoms with E-state index in [1.165, 1.54) is 50.5 Å². The van der Waals surface area contributed by atoms with Crippen LogP contribution in [0.1, 0.15) is 77.7 Å². The molecule has 0 aliphatic rings. The summed E-state index contributed by atoms with van der Waals surface area (Å²) in [5, 5.41) is 0.599. The summed E-state index contributed by atoms with van der Waals surface area (Å²) in [6, 6.07) is 4.22. The third-order valence-electron chi connectivity index (χ3n) is 5.62.